The molecular weight excluding hydrogens is 838 g/mol. The van der Waals surface area contributed by atoms with Crippen LogP contribution in [0.5, 0.6) is 0 Å². The number of rotatable bonds is 37. The molecule has 0 bridgehead atoms. The maximum atomic E-state index is 13.6. The Bertz CT molecular complexity index is 1290. The summed E-state index contributed by atoms with van der Waals surface area (Å²) in [5.74, 6) is -6.20. The number of hydrogen-bond donors (Lipinski definition) is 6. The fraction of sp³-hybridized carbons (Fsp3) is 0.894. The van der Waals surface area contributed by atoms with Gasteiger partial charge >= 0.3 is 29.6 Å². The number of amides is 2. The standard InChI is InChI=1S/C47H87N3O13.Na/c1-6-8-32-59-36-34-37(44(56)57)61-46(39(36)52)63-47(58)41(54)40(53)45(60-33-9-7-2)62-42(47)43(55)49-31-29-27-25-23-21-19-17-15-13-11-10-12-14-16-18-20-22-24-26-28-30-48-38(51)35-50(3,4)5;/h34,36,39-42,45-46,52-54,58H,6-33,35H2,1-5H3,(H2-,48,49,51,55,56,57);/q;+1/t36-,39+,40+,41-,42+,45+,46+,47-;/m1./s1. The first-order chi connectivity index (χ1) is 30.1. The molecule has 0 aromatic carbocycles. The number of unbranched alkanes of at least 4 members (excludes halogenated alkanes) is 21. The van der Waals surface area contributed by atoms with Gasteiger partial charge in [0.25, 0.3) is 11.8 Å². The van der Waals surface area contributed by atoms with Gasteiger partial charge in [-0.1, -0.05) is 142 Å². The predicted octanol–water partition coefficient (Wildman–Crippen LogP) is 1.24. The molecule has 0 aromatic rings. The van der Waals surface area contributed by atoms with E-state index in [9.17, 15) is 39.9 Å². The van der Waals surface area contributed by atoms with Crippen LogP contribution in [0.2, 0.25) is 0 Å². The van der Waals surface area contributed by atoms with Crippen LogP contribution in [0, 0.1) is 0 Å². The number of ether oxygens (including phenoxy) is 5. The average Bonchev–Trinajstić information content (AvgIpc) is 3.23. The molecule has 2 rings (SSSR count). The molecule has 17 heteroatoms. The molecule has 0 saturated carbocycles. The number of carboxylic acid groups (broad SMARTS) is 1. The van der Waals surface area contributed by atoms with Gasteiger partial charge in [-0.25, -0.2) is 0 Å². The molecule has 2 amide bonds. The van der Waals surface area contributed by atoms with Gasteiger partial charge < -0.3 is 69.1 Å². The van der Waals surface area contributed by atoms with Gasteiger partial charge in [0.1, 0.15) is 36.1 Å². The summed E-state index contributed by atoms with van der Waals surface area (Å²) >= 11 is 0. The zero-order valence-corrected chi connectivity index (χ0v) is 42.5. The first-order valence-corrected chi connectivity index (χ1v) is 24.4. The minimum Gasteiger partial charge on any atom is -0.542 e. The Labute approximate surface area is 406 Å². The summed E-state index contributed by atoms with van der Waals surface area (Å²) in [6.45, 7) is 5.72. The third kappa shape index (κ3) is 24.6. The molecule has 1 fully saturated rings. The Morgan fingerprint density at radius 1 is 0.672 bits per heavy atom. The second kappa shape index (κ2) is 34.8. The summed E-state index contributed by atoms with van der Waals surface area (Å²) in [5, 5.41) is 62.3. The number of nitrogens with one attached hydrogen (secondary N) is 2. The Balaban J connectivity index is 0.0000205. The van der Waals surface area contributed by atoms with Gasteiger partial charge in [-0.3, -0.25) is 9.59 Å². The number of aliphatic hydroxyl groups is 4. The normalized spacial score (nSPS) is 24.6. The van der Waals surface area contributed by atoms with Crippen molar-refractivity contribution in [2.75, 3.05) is 54.0 Å². The van der Waals surface area contributed by atoms with E-state index in [1.807, 2.05) is 35.0 Å². The Morgan fingerprint density at radius 2 is 1.11 bits per heavy atom. The number of hydrogen-bond acceptors (Lipinski definition) is 13. The van der Waals surface area contributed by atoms with Crippen molar-refractivity contribution in [1.82, 2.24) is 10.6 Å². The van der Waals surface area contributed by atoms with Crippen molar-refractivity contribution in [3.8, 4) is 0 Å². The van der Waals surface area contributed by atoms with E-state index in [4.69, 9.17) is 23.7 Å². The predicted molar refractivity (Wildman–Crippen MR) is 237 cm³/mol. The fourth-order valence-corrected chi connectivity index (χ4v) is 7.72. The quantitative estimate of drug-likeness (QED) is 0.0224. The SMILES string of the molecule is CCCCO[C@H]1O[C@@H](C(=O)NCCCCCCCCCCCCCCCCCCCCCCNC(=O)C[N+](C)(C)C)[C@](O)(O[C@@H]2OC(C(=O)[O-])=C[C@@H](OCCCC)[C@@H]2O)[C@H](O)[C@@H]1O.[Na+]. The summed E-state index contributed by atoms with van der Waals surface area (Å²) in [6, 6.07) is 0. The van der Waals surface area contributed by atoms with Crippen LogP contribution in [-0.2, 0) is 38.1 Å². The first-order valence-electron chi connectivity index (χ1n) is 24.4. The van der Waals surface area contributed by atoms with Crippen LogP contribution in [-0.4, -0.2) is 146 Å². The summed E-state index contributed by atoms with van der Waals surface area (Å²) in [7, 11) is 6.08. The number of likely N-dealkylation sites (N-methyl/N-ethyl adjacent to an activating group) is 1. The minimum atomic E-state index is -3.00. The molecule has 2 aliphatic rings. The van der Waals surface area contributed by atoms with Crippen molar-refractivity contribution in [3.05, 3.63) is 11.8 Å². The molecule has 8 atom stereocenters. The van der Waals surface area contributed by atoms with Crippen molar-refractivity contribution < 1.29 is 97.6 Å². The van der Waals surface area contributed by atoms with Crippen LogP contribution in [0.1, 0.15) is 168 Å². The van der Waals surface area contributed by atoms with Gasteiger partial charge in [0, 0.05) is 26.3 Å². The Kier molecular flexibility index (Phi) is 33.0. The molecule has 0 aliphatic carbocycles. The second-order valence-corrected chi connectivity index (χ2v) is 18.6. The largest absolute Gasteiger partial charge is 1.00 e. The number of nitrogens with zero attached hydrogens (tertiary/aromatic N) is 1. The number of carboxylic acids is 1. The van der Waals surface area contributed by atoms with Crippen LogP contribution < -0.4 is 45.3 Å². The van der Waals surface area contributed by atoms with Gasteiger partial charge in [-0.2, -0.15) is 0 Å². The van der Waals surface area contributed by atoms with E-state index in [-0.39, 0.29) is 55.2 Å². The van der Waals surface area contributed by atoms with Crippen LogP contribution in [0.15, 0.2) is 11.8 Å². The zero-order valence-electron chi connectivity index (χ0n) is 40.5. The van der Waals surface area contributed by atoms with Gasteiger partial charge in [-0.05, 0) is 31.8 Å². The van der Waals surface area contributed by atoms with Gasteiger partial charge in [0.2, 0.25) is 12.1 Å². The molecule has 0 aromatic heterocycles. The average molecular weight is 925 g/mol. The molecule has 0 radical (unpaired) electrons. The van der Waals surface area contributed by atoms with Gasteiger partial charge in [0.05, 0.1) is 21.1 Å². The summed E-state index contributed by atoms with van der Waals surface area (Å²) in [4.78, 5) is 37.2. The molecule has 2 aliphatic heterocycles. The van der Waals surface area contributed by atoms with Crippen molar-refractivity contribution >= 4 is 17.8 Å². The van der Waals surface area contributed by atoms with Crippen LogP contribution in [0.3, 0.4) is 0 Å². The smallest absolute Gasteiger partial charge is 0.542 e. The summed E-state index contributed by atoms with van der Waals surface area (Å²) in [6.07, 6.45) is 15.2. The maximum absolute atomic E-state index is 13.6. The number of carbonyl (C=O) groups is 3. The van der Waals surface area contributed by atoms with Gasteiger partial charge in [0.15, 0.2) is 18.9 Å². The van der Waals surface area contributed by atoms with E-state index in [1.54, 1.807) is 0 Å². The van der Waals surface area contributed by atoms with Crippen molar-refractivity contribution in [3.63, 3.8) is 0 Å². The van der Waals surface area contributed by atoms with E-state index in [0.717, 1.165) is 57.6 Å². The second-order valence-electron chi connectivity index (χ2n) is 18.6. The van der Waals surface area contributed by atoms with Crippen LogP contribution in [0.25, 0.3) is 0 Å². The van der Waals surface area contributed by atoms with Crippen molar-refractivity contribution in [1.29, 1.82) is 0 Å². The maximum Gasteiger partial charge on any atom is 1.00 e. The van der Waals surface area contributed by atoms with E-state index in [0.29, 0.717) is 30.3 Å². The molecule has 1 saturated heterocycles. The fourth-order valence-electron chi connectivity index (χ4n) is 7.72. The third-order valence-corrected chi connectivity index (χ3v) is 11.5. The molecule has 0 spiro atoms. The summed E-state index contributed by atoms with van der Waals surface area (Å²) < 4.78 is 28.5. The number of quaternary nitrogens is 1. The monoisotopic (exact) mass is 925 g/mol. The Hall–Kier alpha value is -1.41. The molecule has 2 heterocycles. The Morgan fingerprint density at radius 3 is 1.55 bits per heavy atom. The van der Waals surface area contributed by atoms with E-state index in [1.165, 1.54) is 89.9 Å². The van der Waals surface area contributed by atoms with E-state index >= 15 is 0 Å². The van der Waals surface area contributed by atoms with Crippen LogP contribution in [0.4, 0.5) is 0 Å². The van der Waals surface area contributed by atoms with E-state index in [2.05, 4.69) is 10.6 Å². The minimum absolute atomic E-state index is 0. The van der Waals surface area contributed by atoms with Crippen LogP contribution >= 0.6 is 0 Å². The molecule has 0 unspecified atom stereocenters. The molecule has 6 N–H and O–H groups in total. The topological polar surface area (TPSA) is 225 Å². The van der Waals surface area contributed by atoms with Crippen molar-refractivity contribution in [2.45, 2.75) is 217 Å². The number of carbonyl (C=O) groups excluding carboxylic acids is 3. The zero-order chi connectivity index (χ0) is 46.5. The first kappa shape index (κ1) is 60.6. The molecule has 368 valence electrons. The number of aliphatic carboxylic acids is 1. The van der Waals surface area contributed by atoms with Crippen molar-refractivity contribution in [2.24, 2.45) is 0 Å². The van der Waals surface area contributed by atoms with Gasteiger partial charge in [-0.15, -0.1) is 0 Å². The summed E-state index contributed by atoms with van der Waals surface area (Å²) in [5.41, 5.74) is 0. The number of aliphatic hydroxyl groups excluding tert-OH is 3. The van der Waals surface area contributed by atoms with E-state index < -0.39 is 66.5 Å². The molecule has 64 heavy (non-hydrogen) atoms. The molecular formula is C47H87N3NaO13+. The third-order valence-electron chi connectivity index (χ3n) is 11.5. The molecule has 16 nitrogen and oxygen atoms in total.